The van der Waals surface area contributed by atoms with Gasteiger partial charge in [-0.2, -0.15) is 0 Å². The number of esters is 1. The van der Waals surface area contributed by atoms with Gasteiger partial charge in [0, 0.05) is 4.47 Å². The SMILES string of the molecule is O=C(Oc1cccc(Br)c1)C1CCC(c2ccccc2)=C(c2ccccc2)C1. The molecule has 0 aromatic heterocycles. The summed E-state index contributed by atoms with van der Waals surface area (Å²) in [5.74, 6) is 0.291. The molecule has 0 bridgehead atoms. The van der Waals surface area contributed by atoms with Gasteiger partial charge in [0.25, 0.3) is 0 Å². The molecule has 1 unspecified atom stereocenters. The van der Waals surface area contributed by atoms with E-state index in [1.54, 1.807) is 0 Å². The lowest BCUT2D eigenvalue weighted by molar-refractivity contribution is -0.139. The molecule has 140 valence electrons. The predicted octanol–water partition coefficient (Wildman–Crippen LogP) is 6.77. The molecule has 2 nitrogen and oxygen atoms in total. The van der Waals surface area contributed by atoms with Gasteiger partial charge in [-0.25, -0.2) is 0 Å². The zero-order valence-corrected chi connectivity index (χ0v) is 17.1. The van der Waals surface area contributed by atoms with Gasteiger partial charge in [-0.3, -0.25) is 4.79 Å². The third-order valence-electron chi connectivity index (χ3n) is 5.15. The first-order chi connectivity index (χ1) is 13.7. The molecule has 0 aliphatic heterocycles. The third-order valence-corrected chi connectivity index (χ3v) is 5.64. The number of rotatable bonds is 4. The molecule has 0 radical (unpaired) electrons. The molecule has 3 aromatic rings. The van der Waals surface area contributed by atoms with E-state index in [4.69, 9.17) is 4.74 Å². The lowest BCUT2D eigenvalue weighted by Crippen LogP contribution is -2.23. The molecule has 1 atom stereocenters. The Balaban J connectivity index is 1.62. The van der Waals surface area contributed by atoms with Crippen LogP contribution in [0.4, 0.5) is 0 Å². The van der Waals surface area contributed by atoms with Gasteiger partial charge in [-0.1, -0.05) is 82.7 Å². The van der Waals surface area contributed by atoms with Crippen molar-refractivity contribution in [3.05, 3.63) is 101 Å². The number of hydrogen-bond donors (Lipinski definition) is 0. The molecule has 0 amide bonds. The maximum absolute atomic E-state index is 12.8. The molecule has 1 aliphatic carbocycles. The minimum atomic E-state index is -0.154. The van der Waals surface area contributed by atoms with Crippen molar-refractivity contribution in [1.29, 1.82) is 0 Å². The fourth-order valence-electron chi connectivity index (χ4n) is 3.76. The minimum absolute atomic E-state index is 0.137. The highest BCUT2D eigenvalue weighted by molar-refractivity contribution is 9.10. The van der Waals surface area contributed by atoms with Crippen molar-refractivity contribution in [1.82, 2.24) is 0 Å². The normalized spacial score (nSPS) is 16.7. The maximum Gasteiger partial charge on any atom is 0.314 e. The number of hydrogen-bond acceptors (Lipinski definition) is 2. The van der Waals surface area contributed by atoms with Crippen molar-refractivity contribution in [3.8, 4) is 5.75 Å². The molecule has 0 fully saturated rings. The number of ether oxygens (including phenoxy) is 1. The molecule has 0 N–H and O–H groups in total. The van der Waals surface area contributed by atoms with Crippen LogP contribution in [-0.4, -0.2) is 5.97 Å². The fraction of sp³-hybridized carbons (Fsp3) is 0.160. The Kier molecular flexibility index (Phi) is 5.73. The quantitative estimate of drug-likeness (QED) is 0.336. The number of halogens is 1. The average Bonchev–Trinajstić information content (AvgIpc) is 2.74. The average molecular weight is 433 g/mol. The number of benzene rings is 3. The second-order valence-corrected chi connectivity index (χ2v) is 7.92. The Hall–Kier alpha value is -2.65. The van der Waals surface area contributed by atoms with Crippen LogP contribution in [-0.2, 0) is 4.79 Å². The standard InChI is InChI=1S/C25H21BrO2/c26-21-12-7-13-22(17-21)28-25(27)20-14-15-23(18-8-3-1-4-9-18)24(16-20)19-10-5-2-6-11-19/h1-13,17,20H,14-16H2. The largest absolute Gasteiger partial charge is 0.426 e. The maximum atomic E-state index is 12.8. The van der Waals surface area contributed by atoms with Crippen LogP contribution >= 0.6 is 15.9 Å². The van der Waals surface area contributed by atoms with E-state index in [0.717, 1.165) is 17.3 Å². The Labute approximate surface area is 174 Å². The van der Waals surface area contributed by atoms with Gasteiger partial charge < -0.3 is 4.74 Å². The topological polar surface area (TPSA) is 26.3 Å². The summed E-state index contributed by atoms with van der Waals surface area (Å²) in [5.41, 5.74) is 4.99. The highest BCUT2D eigenvalue weighted by Gasteiger charge is 2.29. The molecular weight excluding hydrogens is 412 g/mol. The number of carbonyl (C=O) groups is 1. The third kappa shape index (κ3) is 4.26. The second-order valence-electron chi connectivity index (χ2n) is 7.01. The summed E-state index contributed by atoms with van der Waals surface area (Å²) in [6, 6.07) is 28.3. The summed E-state index contributed by atoms with van der Waals surface area (Å²) in [7, 11) is 0. The van der Waals surface area contributed by atoms with Crippen molar-refractivity contribution < 1.29 is 9.53 Å². The van der Waals surface area contributed by atoms with Gasteiger partial charge >= 0.3 is 5.97 Å². The van der Waals surface area contributed by atoms with E-state index >= 15 is 0 Å². The Morgan fingerprint density at radius 2 is 1.46 bits per heavy atom. The molecule has 1 aliphatic rings. The molecule has 28 heavy (non-hydrogen) atoms. The minimum Gasteiger partial charge on any atom is -0.426 e. The summed E-state index contributed by atoms with van der Waals surface area (Å²) < 4.78 is 6.57. The van der Waals surface area contributed by atoms with Gasteiger partial charge in [-0.05, 0) is 59.7 Å². The Morgan fingerprint density at radius 3 is 2.11 bits per heavy atom. The van der Waals surface area contributed by atoms with Gasteiger partial charge in [-0.15, -0.1) is 0 Å². The summed E-state index contributed by atoms with van der Waals surface area (Å²) in [6.45, 7) is 0. The van der Waals surface area contributed by atoms with Crippen LogP contribution in [0.5, 0.6) is 5.75 Å². The van der Waals surface area contributed by atoms with E-state index in [0.29, 0.717) is 12.2 Å². The monoisotopic (exact) mass is 432 g/mol. The Bertz CT molecular complexity index is 993. The van der Waals surface area contributed by atoms with Crippen LogP contribution in [0.15, 0.2) is 89.4 Å². The smallest absolute Gasteiger partial charge is 0.314 e. The van der Waals surface area contributed by atoms with Crippen LogP contribution in [0.3, 0.4) is 0 Å². The molecule has 0 heterocycles. The van der Waals surface area contributed by atoms with Crippen LogP contribution in [0.25, 0.3) is 11.1 Å². The first-order valence-electron chi connectivity index (χ1n) is 9.51. The van der Waals surface area contributed by atoms with Gasteiger partial charge in [0.2, 0.25) is 0 Å². The molecule has 0 saturated heterocycles. The van der Waals surface area contributed by atoms with Gasteiger partial charge in [0.1, 0.15) is 5.75 Å². The molecule has 4 rings (SSSR count). The summed E-state index contributed by atoms with van der Waals surface area (Å²) in [5, 5.41) is 0. The number of carbonyl (C=O) groups excluding carboxylic acids is 1. The zero-order valence-electron chi connectivity index (χ0n) is 15.5. The molecule has 3 aromatic carbocycles. The Morgan fingerprint density at radius 1 is 0.821 bits per heavy atom. The number of allylic oxidation sites excluding steroid dienone is 2. The van der Waals surface area contributed by atoms with E-state index < -0.39 is 0 Å². The zero-order chi connectivity index (χ0) is 19.3. The van der Waals surface area contributed by atoms with Crippen molar-refractivity contribution in [2.24, 2.45) is 5.92 Å². The molecular formula is C25H21BrO2. The van der Waals surface area contributed by atoms with Crippen LogP contribution in [0.1, 0.15) is 30.4 Å². The molecule has 0 saturated carbocycles. The van der Waals surface area contributed by atoms with Crippen LogP contribution in [0, 0.1) is 5.92 Å². The summed E-state index contributed by atoms with van der Waals surface area (Å²) in [6.07, 6.45) is 2.36. The molecule has 0 spiro atoms. The fourth-order valence-corrected chi connectivity index (χ4v) is 4.14. The summed E-state index contributed by atoms with van der Waals surface area (Å²) in [4.78, 5) is 12.8. The van der Waals surface area contributed by atoms with Crippen molar-refractivity contribution >= 4 is 33.0 Å². The first kappa shape index (κ1) is 18.7. The van der Waals surface area contributed by atoms with E-state index in [1.165, 1.54) is 22.3 Å². The van der Waals surface area contributed by atoms with Crippen molar-refractivity contribution in [2.75, 3.05) is 0 Å². The van der Waals surface area contributed by atoms with E-state index in [-0.39, 0.29) is 11.9 Å². The van der Waals surface area contributed by atoms with E-state index in [9.17, 15) is 4.79 Å². The van der Waals surface area contributed by atoms with Crippen molar-refractivity contribution in [2.45, 2.75) is 19.3 Å². The van der Waals surface area contributed by atoms with Gasteiger partial charge in [0.15, 0.2) is 0 Å². The van der Waals surface area contributed by atoms with E-state index in [2.05, 4.69) is 52.3 Å². The van der Waals surface area contributed by atoms with E-state index in [1.807, 2.05) is 48.5 Å². The first-order valence-corrected chi connectivity index (χ1v) is 10.3. The second kappa shape index (κ2) is 8.57. The van der Waals surface area contributed by atoms with Gasteiger partial charge in [0.05, 0.1) is 5.92 Å². The highest BCUT2D eigenvalue weighted by atomic mass is 79.9. The molecule has 3 heteroatoms. The lowest BCUT2D eigenvalue weighted by atomic mass is 9.78. The lowest BCUT2D eigenvalue weighted by Gasteiger charge is -2.27. The summed E-state index contributed by atoms with van der Waals surface area (Å²) >= 11 is 3.42. The van der Waals surface area contributed by atoms with Crippen molar-refractivity contribution in [3.63, 3.8) is 0 Å². The predicted molar refractivity (Wildman–Crippen MR) is 117 cm³/mol. The van der Waals surface area contributed by atoms with Crippen LogP contribution < -0.4 is 4.74 Å². The highest BCUT2D eigenvalue weighted by Crippen LogP contribution is 2.41. The van der Waals surface area contributed by atoms with Crippen LogP contribution in [0.2, 0.25) is 0 Å².